The minimum absolute atomic E-state index is 0.0402. The molecular weight excluding hydrogens is 440 g/mol. The first-order chi connectivity index (χ1) is 15.7. The normalized spacial score (nSPS) is 25.3. The zero-order chi connectivity index (χ0) is 25.4. The minimum atomic E-state index is -1.05. The Labute approximate surface area is 200 Å². The highest BCUT2D eigenvalue weighted by atomic mass is 16.6. The van der Waals surface area contributed by atoms with Crippen molar-refractivity contribution in [3.8, 4) is 6.07 Å². The van der Waals surface area contributed by atoms with E-state index in [0.717, 1.165) is 0 Å². The highest BCUT2D eigenvalue weighted by Crippen LogP contribution is 2.32. The summed E-state index contributed by atoms with van der Waals surface area (Å²) < 4.78 is 5.33. The number of hydrogen-bond donors (Lipinski definition) is 2. The molecule has 0 aromatic carbocycles. The molecule has 0 saturated carbocycles. The number of carbonyl (C=O) groups excluding carboxylic acids is 4. The largest absolute Gasteiger partial charge is 0.444 e. The van der Waals surface area contributed by atoms with Gasteiger partial charge in [-0.2, -0.15) is 5.26 Å². The molecule has 3 aliphatic rings. The minimum Gasteiger partial charge on any atom is -0.444 e. The first-order valence-corrected chi connectivity index (χ1v) is 11.8. The van der Waals surface area contributed by atoms with E-state index >= 15 is 0 Å². The molecule has 0 unspecified atom stereocenters. The number of carbonyl (C=O) groups is 4. The lowest BCUT2D eigenvalue weighted by atomic mass is 10.1. The van der Waals surface area contributed by atoms with E-state index < -0.39 is 41.3 Å². The molecule has 0 spiro atoms. The summed E-state index contributed by atoms with van der Waals surface area (Å²) in [5, 5.41) is 14.9. The number of alkyl carbamates (subject to hydrolysis) is 1. The zero-order valence-corrected chi connectivity index (χ0v) is 20.9. The van der Waals surface area contributed by atoms with Crippen molar-refractivity contribution in [3.05, 3.63) is 0 Å². The number of fused-ring (bicyclic) bond motifs is 2. The standard InChI is InChI=1S/C23H36N6O5/c1-22(2,3)26-20(32)29-12-15-10-17(29)19(31)28(15)13-16(25-21(33)34-23(4,5)6)18(30)27-9-7-8-14(27)11-24/h14-17H,7-10,12-13H2,1-6H3,(H,25,33)(H,26,32)/t14-,15+,16-,17+/m0/s1. The average Bonchev–Trinajstić information content (AvgIpc) is 3.39. The molecule has 34 heavy (non-hydrogen) atoms. The third-order valence-corrected chi connectivity index (χ3v) is 6.08. The maximum absolute atomic E-state index is 13.3. The SMILES string of the molecule is CC(C)(C)NC(=O)N1C[C@H]2C[C@@H]1C(=O)N2C[C@H](NC(=O)OC(C)(C)C)C(=O)N1CCC[C@H]1C#N. The van der Waals surface area contributed by atoms with Crippen molar-refractivity contribution in [2.75, 3.05) is 19.6 Å². The molecule has 3 heterocycles. The second-order valence-corrected chi connectivity index (χ2v) is 11.2. The van der Waals surface area contributed by atoms with E-state index in [1.807, 2.05) is 20.8 Å². The van der Waals surface area contributed by atoms with Crippen molar-refractivity contribution in [3.63, 3.8) is 0 Å². The lowest BCUT2D eigenvalue weighted by molar-refractivity contribution is -0.139. The van der Waals surface area contributed by atoms with Gasteiger partial charge in [-0.05, 0) is 60.8 Å². The first kappa shape index (κ1) is 25.6. The number of ether oxygens (including phenoxy) is 1. The van der Waals surface area contributed by atoms with Gasteiger partial charge >= 0.3 is 12.1 Å². The molecule has 2 N–H and O–H groups in total. The molecule has 188 valence electrons. The molecule has 0 aromatic heterocycles. The lowest BCUT2D eigenvalue weighted by Gasteiger charge is -2.37. The Hall–Kier alpha value is -3.03. The Balaban J connectivity index is 1.73. The molecule has 3 fully saturated rings. The Morgan fingerprint density at radius 3 is 2.41 bits per heavy atom. The van der Waals surface area contributed by atoms with Crippen LogP contribution in [0.1, 0.15) is 60.8 Å². The number of piperazine rings is 1. The van der Waals surface area contributed by atoms with Crippen molar-refractivity contribution >= 4 is 23.9 Å². The van der Waals surface area contributed by atoms with Gasteiger partial charge in [0.05, 0.1) is 18.7 Å². The topological polar surface area (TPSA) is 135 Å². The third-order valence-electron chi connectivity index (χ3n) is 6.08. The fourth-order valence-corrected chi connectivity index (χ4v) is 4.70. The van der Waals surface area contributed by atoms with E-state index in [-0.39, 0.29) is 24.5 Å². The van der Waals surface area contributed by atoms with Crippen molar-refractivity contribution in [1.82, 2.24) is 25.3 Å². The number of amides is 5. The number of nitriles is 1. The van der Waals surface area contributed by atoms with Crippen LogP contribution in [0.3, 0.4) is 0 Å². The maximum atomic E-state index is 13.3. The van der Waals surface area contributed by atoms with Gasteiger partial charge in [0.2, 0.25) is 11.8 Å². The fraction of sp³-hybridized carbons (Fsp3) is 0.783. The van der Waals surface area contributed by atoms with E-state index in [1.165, 1.54) is 4.90 Å². The Morgan fingerprint density at radius 1 is 1.18 bits per heavy atom. The van der Waals surface area contributed by atoms with Crippen LogP contribution < -0.4 is 10.6 Å². The number of nitrogens with one attached hydrogen (secondary N) is 2. The highest BCUT2D eigenvalue weighted by molar-refractivity contribution is 5.92. The summed E-state index contributed by atoms with van der Waals surface area (Å²) in [4.78, 5) is 56.2. The molecule has 3 aliphatic heterocycles. The summed E-state index contributed by atoms with van der Waals surface area (Å²) in [7, 11) is 0. The molecule has 11 nitrogen and oxygen atoms in total. The van der Waals surface area contributed by atoms with Gasteiger partial charge in [-0.15, -0.1) is 0 Å². The smallest absolute Gasteiger partial charge is 0.408 e. The number of rotatable bonds is 4. The van der Waals surface area contributed by atoms with Crippen molar-refractivity contribution in [2.24, 2.45) is 0 Å². The molecule has 0 aromatic rings. The van der Waals surface area contributed by atoms with E-state index in [4.69, 9.17) is 4.74 Å². The van der Waals surface area contributed by atoms with Gasteiger partial charge < -0.3 is 30.1 Å². The van der Waals surface area contributed by atoms with Crippen LogP contribution in [0.2, 0.25) is 0 Å². The lowest BCUT2D eigenvalue weighted by Crippen LogP contribution is -2.61. The van der Waals surface area contributed by atoms with Crippen molar-refractivity contribution in [2.45, 2.75) is 96.1 Å². The maximum Gasteiger partial charge on any atom is 0.408 e. The third kappa shape index (κ3) is 5.72. The van der Waals surface area contributed by atoms with Crippen LogP contribution in [0.5, 0.6) is 0 Å². The summed E-state index contributed by atoms with van der Waals surface area (Å²) in [5.41, 5.74) is -1.19. The predicted molar refractivity (Wildman–Crippen MR) is 122 cm³/mol. The van der Waals surface area contributed by atoms with Gasteiger partial charge in [0.1, 0.15) is 23.7 Å². The van der Waals surface area contributed by atoms with Crippen LogP contribution in [0.15, 0.2) is 0 Å². The molecular formula is C23H36N6O5. The zero-order valence-electron chi connectivity index (χ0n) is 20.9. The van der Waals surface area contributed by atoms with Crippen LogP contribution >= 0.6 is 0 Å². The fourth-order valence-electron chi connectivity index (χ4n) is 4.70. The molecule has 3 rings (SSSR count). The molecule has 4 atom stereocenters. The van der Waals surface area contributed by atoms with Gasteiger partial charge in [0.25, 0.3) is 0 Å². The van der Waals surface area contributed by atoms with Crippen LogP contribution in [-0.2, 0) is 14.3 Å². The van der Waals surface area contributed by atoms with Gasteiger partial charge in [-0.3, -0.25) is 9.59 Å². The van der Waals surface area contributed by atoms with E-state index in [9.17, 15) is 24.4 Å². The van der Waals surface area contributed by atoms with E-state index in [1.54, 1.807) is 30.6 Å². The Kier molecular flexibility index (Phi) is 7.01. The number of hydrogen-bond acceptors (Lipinski definition) is 6. The summed E-state index contributed by atoms with van der Waals surface area (Å²) in [6.07, 6.45) is 0.997. The number of nitrogens with zero attached hydrogens (tertiary/aromatic N) is 4. The predicted octanol–water partition coefficient (Wildman–Crippen LogP) is 1.19. The average molecular weight is 477 g/mol. The monoisotopic (exact) mass is 476 g/mol. The van der Waals surface area contributed by atoms with Crippen LogP contribution in [0, 0.1) is 11.3 Å². The van der Waals surface area contributed by atoms with Crippen molar-refractivity contribution in [1.29, 1.82) is 5.26 Å². The molecule has 0 radical (unpaired) electrons. The first-order valence-electron chi connectivity index (χ1n) is 11.8. The van der Waals surface area contributed by atoms with Crippen LogP contribution in [0.25, 0.3) is 0 Å². The summed E-state index contributed by atoms with van der Waals surface area (Å²) >= 11 is 0. The number of likely N-dealkylation sites (tertiary alicyclic amines) is 3. The molecule has 3 saturated heterocycles. The quantitative estimate of drug-likeness (QED) is 0.626. The van der Waals surface area contributed by atoms with Gasteiger partial charge in [0.15, 0.2) is 0 Å². The Bertz CT molecular complexity index is 886. The van der Waals surface area contributed by atoms with Gasteiger partial charge in [0, 0.05) is 18.6 Å². The molecule has 5 amide bonds. The number of urea groups is 1. The molecule has 0 aliphatic carbocycles. The molecule has 2 bridgehead atoms. The van der Waals surface area contributed by atoms with Gasteiger partial charge in [-0.1, -0.05) is 0 Å². The summed E-state index contributed by atoms with van der Waals surface area (Å²) in [6, 6.07) is -0.603. The second-order valence-electron chi connectivity index (χ2n) is 11.2. The summed E-state index contributed by atoms with van der Waals surface area (Å²) in [6.45, 7) is 11.5. The van der Waals surface area contributed by atoms with Gasteiger partial charge in [-0.25, -0.2) is 9.59 Å². The van der Waals surface area contributed by atoms with E-state index in [0.29, 0.717) is 32.4 Å². The van der Waals surface area contributed by atoms with Crippen LogP contribution in [-0.4, -0.2) is 93.6 Å². The highest BCUT2D eigenvalue weighted by Gasteiger charge is 2.52. The Morgan fingerprint density at radius 2 is 1.85 bits per heavy atom. The van der Waals surface area contributed by atoms with E-state index in [2.05, 4.69) is 16.7 Å². The second kappa shape index (κ2) is 9.31. The molecule has 11 heteroatoms. The summed E-state index contributed by atoms with van der Waals surface area (Å²) in [5.74, 6) is -0.657. The van der Waals surface area contributed by atoms with Crippen LogP contribution in [0.4, 0.5) is 9.59 Å². The van der Waals surface area contributed by atoms with Crippen molar-refractivity contribution < 1.29 is 23.9 Å².